The quantitative estimate of drug-likeness (QED) is 0.206. The van der Waals surface area contributed by atoms with Crippen molar-refractivity contribution in [3.05, 3.63) is 90.5 Å². The molecule has 0 heterocycles. The molecule has 7 rings (SSSR count). The monoisotopic (exact) mass is 556 g/mol. The van der Waals surface area contributed by atoms with Gasteiger partial charge in [0, 0.05) is 0 Å². The van der Waals surface area contributed by atoms with Gasteiger partial charge in [-0.2, -0.15) is 10.9 Å². The fourth-order valence-electron chi connectivity index (χ4n) is 8.14. The molecule has 0 amide bonds. The number of hydrogen-bond donors (Lipinski definition) is 2. The molecule has 4 saturated carbocycles. The second-order valence-electron chi connectivity index (χ2n) is 12.7. The van der Waals surface area contributed by atoms with Gasteiger partial charge >= 0.3 is 11.9 Å². The molecule has 4 fully saturated rings. The van der Waals surface area contributed by atoms with Crippen LogP contribution in [0.1, 0.15) is 63.9 Å². The number of ether oxygens (including phenoxy) is 1. The van der Waals surface area contributed by atoms with Crippen LogP contribution in [-0.2, 0) is 14.3 Å². The predicted molar refractivity (Wildman–Crippen MR) is 159 cm³/mol. The number of esters is 1. The first-order valence-corrected chi connectivity index (χ1v) is 16.1. The minimum atomic E-state index is -0.914. The summed E-state index contributed by atoms with van der Waals surface area (Å²) in [5, 5.41) is 9.36. The smallest absolute Gasteiger partial charge is 0.312 e. The lowest BCUT2D eigenvalue weighted by atomic mass is 9.45. The van der Waals surface area contributed by atoms with Gasteiger partial charge in [-0.25, -0.2) is 0 Å². The van der Waals surface area contributed by atoms with Crippen molar-refractivity contribution < 1.29 is 19.4 Å². The molecule has 0 radical (unpaired) electrons. The van der Waals surface area contributed by atoms with Gasteiger partial charge in [0.1, 0.15) is 6.10 Å². The lowest BCUT2D eigenvalue weighted by Gasteiger charge is -2.59. The first-order valence-electron chi connectivity index (χ1n) is 14.8. The van der Waals surface area contributed by atoms with E-state index in [2.05, 4.69) is 84.9 Å². The topological polar surface area (TPSA) is 63.6 Å². The third-order valence-corrected chi connectivity index (χ3v) is 12.0. The molecule has 0 aromatic heterocycles. The summed E-state index contributed by atoms with van der Waals surface area (Å²) in [4.78, 5) is 29.2. The van der Waals surface area contributed by atoms with Gasteiger partial charge in [0.05, 0.1) is 11.8 Å². The van der Waals surface area contributed by atoms with Crippen molar-refractivity contribution in [1.82, 2.24) is 0 Å². The summed E-state index contributed by atoms with van der Waals surface area (Å²) in [6.07, 6.45) is 4.27. The summed E-state index contributed by atoms with van der Waals surface area (Å²) in [7, 11) is -0.664. The first-order chi connectivity index (χ1) is 19.3. The van der Waals surface area contributed by atoms with Crippen molar-refractivity contribution in [2.75, 3.05) is 0 Å². The van der Waals surface area contributed by atoms with Crippen molar-refractivity contribution in [2.24, 2.45) is 29.1 Å². The zero-order valence-corrected chi connectivity index (χ0v) is 24.3. The Hall–Kier alpha value is -3.05. The van der Waals surface area contributed by atoms with Crippen LogP contribution in [-0.4, -0.2) is 23.1 Å². The van der Waals surface area contributed by atoms with Crippen molar-refractivity contribution >= 4 is 22.8 Å². The molecule has 4 aliphatic carbocycles. The molecule has 4 nitrogen and oxygen atoms in total. The Morgan fingerprint density at radius 1 is 0.850 bits per heavy atom. The molecule has 0 aliphatic heterocycles. The summed E-state index contributed by atoms with van der Waals surface area (Å²) in [6.45, 7) is 3.87. The van der Waals surface area contributed by atoms with Gasteiger partial charge < -0.3 is 9.84 Å². The summed E-state index contributed by atoms with van der Waals surface area (Å²) in [5.74, 6) is 0.872. The SMILES string of the molecule is CC(C)C(CC(=O)O)OC(=O)C12CC3CC(C1)C(c1cccc([SH](c4ccccc4)c4ccccc4)c1)C(C3)C2. The van der Waals surface area contributed by atoms with Crippen LogP contribution in [0.3, 0.4) is 0 Å². The zero-order chi connectivity index (χ0) is 27.9. The minimum absolute atomic E-state index is 0.0198. The van der Waals surface area contributed by atoms with E-state index in [1.807, 2.05) is 13.8 Å². The Labute approximate surface area is 240 Å². The van der Waals surface area contributed by atoms with E-state index in [-0.39, 0.29) is 18.3 Å². The van der Waals surface area contributed by atoms with Crippen molar-refractivity contribution in [3.8, 4) is 0 Å². The molecule has 4 bridgehead atoms. The standard InChI is InChI=1S/C35H40O4S/c1-23(2)31(19-32(36)37)39-34(38)35-20-24-16-26(21-35)33(27(17-24)22-35)25-10-9-15-30(18-25)40(28-11-5-3-6-12-28)29-13-7-4-8-14-29/h3-15,18,23-24,26-27,31,33,40H,16-17,19-22H2,1-2H3,(H,36,37). The number of hydrogen-bond acceptors (Lipinski definition) is 3. The van der Waals surface area contributed by atoms with Gasteiger partial charge in [-0.1, -0.05) is 62.4 Å². The minimum Gasteiger partial charge on any atom is -0.481 e. The Kier molecular flexibility index (Phi) is 7.52. The highest BCUT2D eigenvalue weighted by atomic mass is 32.2. The van der Waals surface area contributed by atoms with Crippen LogP contribution >= 0.6 is 10.9 Å². The number of aliphatic carboxylic acids is 1. The van der Waals surface area contributed by atoms with E-state index in [0.29, 0.717) is 23.7 Å². The van der Waals surface area contributed by atoms with Gasteiger partial charge in [-0.3, -0.25) is 9.59 Å². The Morgan fingerprint density at radius 2 is 1.43 bits per heavy atom. The third kappa shape index (κ3) is 5.21. The van der Waals surface area contributed by atoms with Gasteiger partial charge in [0.2, 0.25) is 0 Å². The predicted octanol–water partition coefficient (Wildman–Crippen LogP) is 8.12. The van der Waals surface area contributed by atoms with Crippen LogP contribution in [0.4, 0.5) is 0 Å². The average Bonchev–Trinajstić information content (AvgIpc) is 2.93. The van der Waals surface area contributed by atoms with Crippen LogP contribution in [0.2, 0.25) is 0 Å². The largest absolute Gasteiger partial charge is 0.481 e. The lowest BCUT2D eigenvalue weighted by Crippen LogP contribution is -2.54. The number of thiol groups is 1. The van der Waals surface area contributed by atoms with Crippen LogP contribution < -0.4 is 0 Å². The van der Waals surface area contributed by atoms with E-state index < -0.39 is 28.4 Å². The third-order valence-electron chi connectivity index (χ3n) is 9.63. The summed E-state index contributed by atoms with van der Waals surface area (Å²) >= 11 is 0. The summed E-state index contributed by atoms with van der Waals surface area (Å²) in [6, 6.07) is 31.0. The normalized spacial score (nSPS) is 27.8. The molecule has 5 heteroatoms. The summed E-state index contributed by atoms with van der Waals surface area (Å²) in [5.41, 5.74) is 0.969. The van der Waals surface area contributed by atoms with Crippen LogP contribution in [0.25, 0.3) is 0 Å². The molecule has 1 N–H and O–H groups in total. The number of benzene rings is 3. The number of carboxylic acid groups (broad SMARTS) is 1. The highest BCUT2D eigenvalue weighted by Crippen LogP contribution is 2.65. The highest BCUT2D eigenvalue weighted by Gasteiger charge is 2.59. The maximum absolute atomic E-state index is 13.7. The Balaban J connectivity index is 1.28. The summed E-state index contributed by atoms with van der Waals surface area (Å²) < 4.78 is 5.98. The fraction of sp³-hybridized carbons (Fsp3) is 0.429. The second kappa shape index (κ2) is 11.1. The molecular weight excluding hydrogens is 516 g/mol. The van der Waals surface area contributed by atoms with Gasteiger partial charge in [-0.05, 0) is 118 Å². The van der Waals surface area contributed by atoms with Crippen molar-refractivity contribution in [1.29, 1.82) is 0 Å². The number of carboxylic acids is 1. The van der Waals surface area contributed by atoms with E-state index in [1.54, 1.807) is 0 Å². The molecule has 210 valence electrons. The van der Waals surface area contributed by atoms with E-state index in [0.717, 1.165) is 19.3 Å². The van der Waals surface area contributed by atoms with Crippen molar-refractivity contribution in [2.45, 2.75) is 79.1 Å². The molecular formula is C35H40O4S. The molecule has 4 aliphatic rings. The molecule has 3 aromatic carbocycles. The zero-order valence-electron chi connectivity index (χ0n) is 23.4. The number of carbonyl (C=O) groups excluding carboxylic acids is 1. The molecule has 40 heavy (non-hydrogen) atoms. The van der Waals surface area contributed by atoms with Gasteiger partial charge in [0.25, 0.3) is 0 Å². The van der Waals surface area contributed by atoms with Crippen LogP contribution in [0, 0.1) is 29.1 Å². The molecule has 3 unspecified atom stereocenters. The van der Waals surface area contributed by atoms with Crippen LogP contribution in [0.15, 0.2) is 99.6 Å². The van der Waals surface area contributed by atoms with Gasteiger partial charge in [-0.15, -0.1) is 0 Å². The maximum atomic E-state index is 13.7. The number of rotatable bonds is 9. The second-order valence-corrected chi connectivity index (χ2v) is 14.9. The van der Waals surface area contributed by atoms with E-state index in [4.69, 9.17) is 4.74 Å². The molecule has 0 spiro atoms. The molecule has 3 aromatic rings. The van der Waals surface area contributed by atoms with E-state index in [1.165, 1.54) is 33.1 Å². The van der Waals surface area contributed by atoms with E-state index >= 15 is 0 Å². The van der Waals surface area contributed by atoms with Crippen molar-refractivity contribution in [3.63, 3.8) is 0 Å². The van der Waals surface area contributed by atoms with Crippen LogP contribution in [0.5, 0.6) is 0 Å². The number of carbonyl (C=O) groups is 2. The molecule has 0 saturated heterocycles. The highest BCUT2D eigenvalue weighted by molar-refractivity contribution is 8.17. The van der Waals surface area contributed by atoms with Gasteiger partial charge in [0.15, 0.2) is 0 Å². The Morgan fingerprint density at radius 3 is 1.98 bits per heavy atom. The van der Waals surface area contributed by atoms with E-state index in [9.17, 15) is 14.7 Å². The average molecular weight is 557 g/mol. The Bertz CT molecular complexity index is 1300. The fourth-order valence-corrected chi connectivity index (χ4v) is 10.5. The lowest BCUT2D eigenvalue weighted by molar-refractivity contribution is -0.182. The molecule has 3 atom stereocenters. The first kappa shape index (κ1) is 27.1. The maximum Gasteiger partial charge on any atom is 0.312 e.